The minimum Gasteiger partial charge on any atom is -0.477 e. The molecule has 0 saturated carbocycles. The van der Waals surface area contributed by atoms with Gasteiger partial charge >= 0.3 is 11.9 Å². The van der Waals surface area contributed by atoms with Gasteiger partial charge in [-0.3, -0.25) is 0 Å². The van der Waals surface area contributed by atoms with Crippen LogP contribution in [-0.4, -0.2) is 23.5 Å². The highest BCUT2D eigenvalue weighted by atomic mass is 19.3. The summed E-state index contributed by atoms with van der Waals surface area (Å²) in [7, 11) is 0. The van der Waals surface area contributed by atoms with Gasteiger partial charge < -0.3 is 10.4 Å². The van der Waals surface area contributed by atoms with Crippen molar-refractivity contribution >= 4 is 11.7 Å². The number of carboxylic acids is 1. The first kappa shape index (κ1) is 10.4. The van der Waals surface area contributed by atoms with Gasteiger partial charge in [0, 0.05) is 5.69 Å². The van der Waals surface area contributed by atoms with E-state index in [0.717, 1.165) is 0 Å². The number of rotatable bonds is 4. The summed E-state index contributed by atoms with van der Waals surface area (Å²) in [5.74, 6) is -5.86. The molecule has 5 heteroatoms. The Morgan fingerprint density at radius 1 is 1.36 bits per heavy atom. The molecule has 2 N–H and O–H groups in total. The predicted molar refractivity (Wildman–Crippen MR) is 47.5 cm³/mol. The number of hydrogen-bond acceptors (Lipinski definition) is 2. The van der Waals surface area contributed by atoms with E-state index < -0.39 is 18.4 Å². The van der Waals surface area contributed by atoms with E-state index in [1.807, 2.05) is 0 Å². The molecular weight excluding hydrogens is 192 g/mol. The van der Waals surface area contributed by atoms with Gasteiger partial charge in [-0.2, -0.15) is 8.78 Å². The quantitative estimate of drug-likeness (QED) is 0.781. The summed E-state index contributed by atoms with van der Waals surface area (Å²) in [6.07, 6.45) is 0. The number of nitrogens with one attached hydrogen (secondary N) is 1. The van der Waals surface area contributed by atoms with Crippen molar-refractivity contribution in [2.24, 2.45) is 0 Å². The van der Waals surface area contributed by atoms with E-state index in [1.165, 1.54) is 0 Å². The van der Waals surface area contributed by atoms with E-state index in [4.69, 9.17) is 5.11 Å². The molecule has 0 radical (unpaired) electrons. The number of carbonyl (C=O) groups is 1. The normalized spacial score (nSPS) is 11.0. The van der Waals surface area contributed by atoms with Crippen molar-refractivity contribution in [2.45, 2.75) is 5.92 Å². The molecule has 1 rings (SSSR count). The Kier molecular flexibility index (Phi) is 3.01. The van der Waals surface area contributed by atoms with Crippen molar-refractivity contribution in [1.82, 2.24) is 0 Å². The fourth-order valence-electron chi connectivity index (χ4n) is 0.845. The number of hydrogen-bond donors (Lipinski definition) is 2. The van der Waals surface area contributed by atoms with Crippen LogP contribution in [0.5, 0.6) is 0 Å². The van der Waals surface area contributed by atoms with Crippen molar-refractivity contribution in [3.05, 3.63) is 30.3 Å². The van der Waals surface area contributed by atoms with Crippen LogP contribution in [0.15, 0.2) is 30.3 Å². The van der Waals surface area contributed by atoms with Crippen LogP contribution in [0.1, 0.15) is 0 Å². The summed E-state index contributed by atoms with van der Waals surface area (Å²) >= 11 is 0. The average molecular weight is 201 g/mol. The molecule has 0 spiro atoms. The van der Waals surface area contributed by atoms with Gasteiger partial charge in [0.15, 0.2) is 0 Å². The van der Waals surface area contributed by atoms with Crippen LogP contribution in [0.2, 0.25) is 0 Å². The first-order chi connectivity index (χ1) is 6.52. The minimum absolute atomic E-state index is 0.466. The van der Waals surface area contributed by atoms with E-state index >= 15 is 0 Å². The van der Waals surface area contributed by atoms with Crippen LogP contribution in [-0.2, 0) is 4.79 Å². The lowest BCUT2D eigenvalue weighted by molar-refractivity contribution is -0.162. The summed E-state index contributed by atoms with van der Waals surface area (Å²) in [5, 5.41) is 10.5. The molecule has 1 aromatic carbocycles. The Hall–Kier alpha value is -1.65. The number of aliphatic carboxylic acids is 1. The van der Waals surface area contributed by atoms with Gasteiger partial charge in [-0.25, -0.2) is 4.79 Å². The Labute approximate surface area is 79.4 Å². The summed E-state index contributed by atoms with van der Waals surface area (Å²) in [4.78, 5) is 10.1. The number of anilines is 1. The van der Waals surface area contributed by atoms with Crippen molar-refractivity contribution < 1.29 is 18.7 Å². The third kappa shape index (κ3) is 2.69. The molecule has 0 unspecified atom stereocenters. The van der Waals surface area contributed by atoms with Gasteiger partial charge in [-0.15, -0.1) is 0 Å². The minimum atomic E-state index is -3.74. The summed E-state index contributed by atoms with van der Waals surface area (Å²) in [6, 6.07) is 8.23. The average Bonchev–Trinajstić information content (AvgIpc) is 2.16. The molecule has 0 aromatic heterocycles. The van der Waals surface area contributed by atoms with E-state index in [0.29, 0.717) is 5.69 Å². The monoisotopic (exact) mass is 201 g/mol. The molecule has 14 heavy (non-hydrogen) atoms. The Bertz CT molecular complexity index is 314. The van der Waals surface area contributed by atoms with E-state index in [-0.39, 0.29) is 0 Å². The number of halogens is 2. The molecule has 0 aliphatic rings. The third-order valence-corrected chi connectivity index (χ3v) is 1.60. The maximum absolute atomic E-state index is 12.6. The maximum Gasteiger partial charge on any atom is 0.376 e. The van der Waals surface area contributed by atoms with Gasteiger partial charge in [0.2, 0.25) is 0 Å². The van der Waals surface area contributed by atoms with E-state index in [2.05, 4.69) is 5.32 Å². The van der Waals surface area contributed by atoms with Gasteiger partial charge in [0.05, 0.1) is 6.54 Å². The van der Waals surface area contributed by atoms with Crippen LogP contribution in [0.3, 0.4) is 0 Å². The first-order valence-electron chi connectivity index (χ1n) is 3.92. The van der Waals surface area contributed by atoms with Gasteiger partial charge in [-0.1, -0.05) is 18.2 Å². The number of alkyl halides is 2. The smallest absolute Gasteiger partial charge is 0.376 e. The Morgan fingerprint density at radius 2 is 1.93 bits per heavy atom. The standard InChI is InChI=1S/C9H9F2NO2/c10-9(11,8(13)14)6-12-7-4-2-1-3-5-7/h1-5,12H,6H2,(H,13,14). The molecule has 0 heterocycles. The number of para-hydroxylation sites is 1. The summed E-state index contributed by atoms with van der Waals surface area (Å²) in [5.41, 5.74) is 0.466. The fourth-order valence-corrected chi connectivity index (χ4v) is 0.845. The predicted octanol–water partition coefficient (Wildman–Crippen LogP) is 1.82. The molecule has 0 bridgehead atoms. The Balaban J connectivity index is 2.53. The van der Waals surface area contributed by atoms with Crippen LogP contribution < -0.4 is 5.32 Å². The second-order valence-electron chi connectivity index (χ2n) is 2.73. The lowest BCUT2D eigenvalue weighted by Gasteiger charge is -2.12. The van der Waals surface area contributed by atoms with E-state index in [1.54, 1.807) is 30.3 Å². The fraction of sp³-hybridized carbons (Fsp3) is 0.222. The second-order valence-corrected chi connectivity index (χ2v) is 2.73. The highest BCUT2D eigenvalue weighted by Crippen LogP contribution is 2.15. The molecule has 1 aromatic rings. The molecule has 3 nitrogen and oxygen atoms in total. The number of carboxylic acid groups (broad SMARTS) is 1. The Morgan fingerprint density at radius 3 is 2.43 bits per heavy atom. The van der Waals surface area contributed by atoms with Gasteiger partial charge in [0.1, 0.15) is 0 Å². The first-order valence-corrected chi connectivity index (χ1v) is 3.92. The van der Waals surface area contributed by atoms with E-state index in [9.17, 15) is 13.6 Å². The van der Waals surface area contributed by atoms with Crippen molar-refractivity contribution in [3.63, 3.8) is 0 Å². The molecule has 0 atom stereocenters. The molecule has 0 aliphatic heterocycles. The topological polar surface area (TPSA) is 49.3 Å². The third-order valence-electron chi connectivity index (χ3n) is 1.60. The molecule has 0 saturated heterocycles. The molecule has 76 valence electrons. The van der Waals surface area contributed by atoms with Crippen molar-refractivity contribution in [2.75, 3.05) is 11.9 Å². The largest absolute Gasteiger partial charge is 0.477 e. The summed E-state index contributed by atoms with van der Waals surface area (Å²) < 4.78 is 25.1. The maximum atomic E-state index is 12.6. The molecule has 0 amide bonds. The lowest BCUT2D eigenvalue weighted by atomic mass is 10.3. The molecule has 0 fully saturated rings. The zero-order valence-corrected chi connectivity index (χ0v) is 7.21. The molecular formula is C9H9F2NO2. The lowest BCUT2D eigenvalue weighted by Crippen LogP contribution is -2.35. The van der Waals surface area contributed by atoms with Gasteiger partial charge in [0.25, 0.3) is 0 Å². The van der Waals surface area contributed by atoms with Gasteiger partial charge in [-0.05, 0) is 12.1 Å². The van der Waals surface area contributed by atoms with Crippen LogP contribution in [0.4, 0.5) is 14.5 Å². The zero-order valence-electron chi connectivity index (χ0n) is 7.21. The highest BCUT2D eigenvalue weighted by Gasteiger charge is 2.38. The van der Waals surface area contributed by atoms with Crippen LogP contribution in [0, 0.1) is 0 Å². The van der Waals surface area contributed by atoms with Crippen molar-refractivity contribution in [3.8, 4) is 0 Å². The van der Waals surface area contributed by atoms with Crippen molar-refractivity contribution in [1.29, 1.82) is 0 Å². The second kappa shape index (κ2) is 4.04. The highest BCUT2D eigenvalue weighted by molar-refractivity contribution is 5.76. The van der Waals surface area contributed by atoms with Crippen LogP contribution in [0.25, 0.3) is 0 Å². The van der Waals surface area contributed by atoms with Crippen LogP contribution >= 0.6 is 0 Å². The molecule has 0 aliphatic carbocycles. The zero-order chi connectivity index (χ0) is 10.6. The number of benzene rings is 1. The SMILES string of the molecule is O=C(O)C(F)(F)CNc1ccccc1. The summed E-state index contributed by atoms with van der Waals surface area (Å²) in [6.45, 7) is -0.910.